The summed E-state index contributed by atoms with van der Waals surface area (Å²) in [6.07, 6.45) is 1.12. The maximum absolute atomic E-state index is 10.6. The van der Waals surface area contributed by atoms with E-state index in [2.05, 4.69) is 4.18 Å². The van der Waals surface area contributed by atoms with Gasteiger partial charge in [-0.15, -0.1) is 0 Å². The van der Waals surface area contributed by atoms with E-state index in [-0.39, 0.29) is 5.56 Å². The van der Waals surface area contributed by atoms with Gasteiger partial charge < -0.3 is 19.5 Å². The molecule has 0 radical (unpaired) electrons. The Balaban J connectivity index is 0.000000472. The monoisotopic (exact) mass is 334 g/mol. The van der Waals surface area contributed by atoms with E-state index in [9.17, 15) is 22.8 Å². The van der Waals surface area contributed by atoms with E-state index >= 15 is 0 Å². The van der Waals surface area contributed by atoms with E-state index in [0.29, 0.717) is 12.2 Å². The van der Waals surface area contributed by atoms with Crippen LogP contribution in [-0.4, -0.2) is 46.2 Å². The number of carboxylic acid groups (broad SMARTS) is 3. The number of rotatable bonds is 5. The molecule has 0 spiro atoms. The van der Waals surface area contributed by atoms with Crippen LogP contribution >= 0.6 is 0 Å². The molecule has 0 aromatic heterocycles. The van der Waals surface area contributed by atoms with Crippen molar-refractivity contribution in [2.24, 2.45) is 0 Å². The third-order valence-corrected chi connectivity index (χ3v) is 2.07. The second-order valence-electron chi connectivity index (χ2n) is 3.32. The van der Waals surface area contributed by atoms with Crippen LogP contribution in [0.2, 0.25) is 0 Å². The van der Waals surface area contributed by atoms with E-state index in [4.69, 9.17) is 19.9 Å². The summed E-state index contributed by atoms with van der Waals surface area (Å²) in [5.41, 5.74) is -0.342. The molecule has 1 aromatic carbocycles. The Bertz CT molecular complexity index is 673. The van der Waals surface area contributed by atoms with Crippen molar-refractivity contribution in [3.05, 3.63) is 42.0 Å². The molecule has 0 saturated carbocycles. The zero-order valence-corrected chi connectivity index (χ0v) is 11.4. The van der Waals surface area contributed by atoms with Crippen LogP contribution in [0, 0.1) is 0 Å². The van der Waals surface area contributed by atoms with Gasteiger partial charge in [-0.1, -0.05) is 12.1 Å². The van der Waals surface area contributed by atoms with Crippen LogP contribution in [0.4, 0.5) is 0 Å². The summed E-state index contributed by atoms with van der Waals surface area (Å²) < 4.78 is 33.0. The Morgan fingerprint density at radius 3 is 1.77 bits per heavy atom. The largest absolute Gasteiger partial charge is 0.478 e. The van der Waals surface area contributed by atoms with Gasteiger partial charge in [-0.25, -0.2) is 14.4 Å². The third-order valence-electron chi connectivity index (χ3n) is 1.68. The molecule has 0 atom stereocenters. The first-order valence-corrected chi connectivity index (χ1v) is 6.52. The predicted molar refractivity (Wildman–Crippen MR) is 70.0 cm³/mol. The standard InChI is InChI=1S/C7H6O6S.C4H4O4/c8-7(9)5-3-1-2-4-6(5)13-14(10,11)12;5-3(6)1-2-4(7)8/h1-4H,(H,8,9)(H,10,11,12);1-2H,(H,5,6)(H,7,8). The Morgan fingerprint density at radius 1 is 0.955 bits per heavy atom. The van der Waals surface area contributed by atoms with Crippen molar-refractivity contribution in [1.29, 1.82) is 0 Å². The lowest BCUT2D eigenvalue weighted by atomic mass is 10.2. The summed E-state index contributed by atoms with van der Waals surface area (Å²) in [4.78, 5) is 29.7. The summed E-state index contributed by atoms with van der Waals surface area (Å²) in [7, 11) is -4.70. The minimum absolute atomic E-state index is 0.342. The highest BCUT2D eigenvalue weighted by Gasteiger charge is 2.15. The number of hydrogen-bond donors (Lipinski definition) is 4. The molecule has 0 aliphatic carbocycles. The topological polar surface area (TPSA) is 175 Å². The average Bonchev–Trinajstić information content (AvgIpc) is 2.35. The van der Waals surface area contributed by atoms with Crippen molar-refractivity contribution >= 4 is 28.3 Å². The van der Waals surface area contributed by atoms with Crippen molar-refractivity contribution < 1.29 is 46.9 Å². The van der Waals surface area contributed by atoms with Crippen LogP contribution < -0.4 is 4.18 Å². The number of carboxylic acids is 3. The Morgan fingerprint density at radius 2 is 1.41 bits per heavy atom. The summed E-state index contributed by atoms with van der Waals surface area (Å²) >= 11 is 0. The van der Waals surface area contributed by atoms with Gasteiger partial charge in [0.25, 0.3) is 0 Å². The van der Waals surface area contributed by atoms with Gasteiger partial charge in [-0.05, 0) is 12.1 Å². The zero-order chi connectivity index (χ0) is 17.3. The van der Waals surface area contributed by atoms with E-state index in [1.165, 1.54) is 12.1 Å². The summed E-state index contributed by atoms with van der Waals surface area (Å²) in [6, 6.07) is 5.06. The van der Waals surface area contributed by atoms with Crippen LogP contribution in [0.1, 0.15) is 10.4 Å². The van der Waals surface area contributed by atoms with Crippen molar-refractivity contribution in [3.63, 3.8) is 0 Å². The fourth-order valence-electron chi connectivity index (χ4n) is 0.972. The highest BCUT2D eigenvalue weighted by atomic mass is 32.3. The van der Waals surface area contributed by atoms with Gasteiger partial charge in [0.2, 0.25) is 0 Å². The third kappa shape index (κ3) is 9.06. The van der Waals surface area contributed by atoms with Gasteiger partial charge in [0.1, 0.15) is 5.56 Å². The number of para-hydroxylation sites is 1. The van der Waals surface area contributed by atoms with Crippen molar-refractivity contribution in [3.8, 4) is 5.75 Å². The van der Waals surface area contributed by atoms with Gasteiger partial charge >= 0.3 is 28.3 Å². The molecule has 120 valence electrons. The number of aliphatic carboxylic acids is 2. The fraction of sp³-hybridized carbons (Fsp3) is 0. The maximum Gasteiger partial charge on any atom is 0.446 e. The smallest absolute Gasteiger partial charge is 0.446 e. The van der Waals surface area contributed by atoms with Gasteiger partial charge in [-0.3, -0.25) is 4.55 Å². The van der Waals surface area contributed by atoms with Crippen molar-refractivity contribution in [1.82, 2.24) is 0 Å². The summed E-state index contributed by atoms with van der Waals surface area (Å²) in [5, 5.41) is 24.2. The summed E-state index contributed by atoms with van der Waals surface area (Å²) in [5.74, 6) is -4.29. The van der Waals surface area contributed by atoms with Crippen molar-refractivity contribution in [2.45, 2.75) is 0 Å². The lowest BCUT2D eigenvalue weighted by Crippen LogP contribution is -2.10. The lowest BCUT2D eigenvalue weighted by molar-refractivity contribution is -0.134. The van der Waals surface area contributed by atoms with Gasteiger partial charge in [-0.2, -0.15) is 8.42 Å². The van der Waals surface area contributed by atoms with Crippen LogP contribution in [0.25, 0.3) is 0 Å². The lowest BCUT2D eigenvalue weighted by Gasteiger charge is -2.03. The molecule has 0 aliphatic rings. The number of benzene rings is 1. The van der Waals surface area contributed by atoms with Crippen molar-refractivity contribution in [2.75, 3.05) is 0 Å². The Hall–Kier alpha value is -2.92. The molecule has 0 amide bonds. The van der Waals surface area contributed by atoms with E-state index in [1.54, 1.807) is 0 Å². The zero-order valence-electron chi connectivity index (χ0n) is 10.6. The summed E-state index contributed by atoms with van der Waals surface area (Å²) in [6.45, 7) is 0. The van der Waals surface area contributed by atoms with Crippen LogP contribution in [0.5, 0.6) is 5.75 Å². The van der Waals surface area contributed by atoms with E-state index in [1.807, 2.05) is 0 Å². The predicted octanol–water partition coefficient (Wildman–Crippen LogP) is 0.278. The highest BCUT2D eigenvalue weighted by molar-refractivity contribution is 7.81. The SMILES string of the molecule is O=C(O)C=CC(=O)O.O=C(O)c1ccccc1OS(=O)(=O)O. The molecule has 0 heterocycles. The molecule has 0 bridgehead atoms. The molecule has 22 heavy (non-hydrogen) atoms. The maximum atomic E-state index is 10.6. The first-order chi connectivity index (χ1) is 10.0. The number of hydrogen-bond acceptors (Lipinski definition) is 6. The molecule has 0 fully saturated rings. The minimum Gasteiger partial charge on any atom is -0.478 e. The fourth-order valence-corrected chi connectivity index (χ4v) is 1.34. The van der Waals surface area contributed by atoms with Crippen LogP contribution in [0.15, 0.2) is 36.4 Å². The molecule has 0 saturated heterocycles. The Labute approximate surface area is 123 Å². The second kappa shape index (κ2) is 8.39. The molecular formula is C11H10O10S. The van der Waals surface area contributed by atoms with Crippen LogP contribution in [0.3, 0.4) is 0 Å². The first kappa shape index (κ1) is 19.1. The molecule has 0 unspecified atom stereocenters. The Kier molecular flexibility index (Phi) is 7.27. The second-order valence-corrected chi connectivity index (χ2v) is 4.34. The highest BCUT2D eigenvalue weighted by Crippen LogP contribution is 2.18. The normalized spacial score (nSPS) is 10.4. The van der Waals surface area contributed by atoms with Crippen LogP contribution in [-0.2, 0) is 20.0 Å². The molecule has 0 aliphatic heterocycles. The van der Waals surface area contributed by atoms with Gasteiger partial charge in [0.05, 0.1) is 0 Å². The molecule has 4 N–H and O–H groups in total. The van der Waals surface area contributed by atoms with E-state index < -0.39 is 34.1 Å². The molecule has 1 aromatic rings. The minimum atomic E-state index is -4.70. The quantitative estimate of drug-likeness (QED) is 0.432. The van der Waals surface area contributed by atoms with E-state index in [0.717, 1.165) is 12.1 Å². The molecular weight excluding hydrogens is 324 g/mol. The van der Waals surface area contributed by atoms with Gasteiger partial charge in [0, 0.05) is 12.2 Å². The first-order valence-electron chi connectivity index (χ1n) is 5.16. The molecule has 11 heteroatoms. The number of carbonyl (C=O) groups is 3. The molecule has 10 nitrogen and oxygen atoms in total. The average molecular weight is 334 g/mol. The van der Waals surface area contributed by atoms with Gasteiger partial charge in [0.15, 0.2) is 5.75 Å². The number of aromatic carboxylic acids is 1. The molecule has 1 rings (SSSR count).